The average Bonchev–Trinajstić information content (AvgIpc) is 1.65. The minimum atomic E-state index is -0.681. The Kier molecular flexibility index (Phi) is 3.44. The molecule has 0 N–H and O–H groups in total. The summed E-state index contributed by atoms with van der Waals surface area (Å²) in [6.45, 7) is 3.75. The molecule has 1 unspecified atom stereocenters. The van der Waals surface area contributed by atoms with E-state index in [1.54, 1.807) is 6.26 Å². The fourth-order valence-electron chi connectivity index (χ4n) is 0.272. The second-order valence-electron chi connectivity index (χ2n) is 1.83. The van der Waals surface area contributed by atoms with Gasteiger partial charge in [0.05, 0.1) is 0 Å². The van der Waals surface area contributed by atoms with Gasteiger partial charge in [-0.1, -0.05) is 13.8 Å². The average molecular weight is 122 g/mol. The van der Waals surface area contributed by atoms with E-state index >= 15 is 0 Å². The normalized spacial score (nSPS) is 15.0. The minimum absolute atomic E-state index is 0.162. The molecular weight excluding hydrogens is 111 g/mol. The van der Waals surface area contributed by atoms with Crippen molar-refractivity contribution in [2.45, 2.75) is 19.4 Å². The molecule has 0 saturated carbocycles. The van der Waals surface area contributed by atoms with Crippen molar-refractivity contribution in [3.63, 3.8) is 0 Å². The zero-order valence-corrected chi connectivity index (χ0v) is 5.76. The molecule has 0 aromatic carbocycles. The van der Waals surface area contributed by atoms with Crippen LogP contribution < -0.4 is 0 Å². The lowest BCUT2D eigenvalue weighted by atomic mass is 10.3. The van der Waals surface area contributed by atoms with Gasteiger partial charge in [0.2, 0.25) is 0 Å². The highest BCUT2D eigenvalue weighted by Crippen LogP contribution is 2.16. The highest BCUT2D eigenvalue weighted by atomic mass is 32.2. The molecule has 0 nitrogen and oxygen atoms in total. The first-order valence-electron chi connectivity index (χ1n) is 2.35. The summed E-state index contributed by atoms with van der Waals surface area (Å²) in [6, 6.07) is 0. The van der Waals surface area contributed by atoms with E-state index in [9.17, 15) is 4.39 Å². The lowest BCUT2D eigenvalue weighted by Crippen LogP contribution is -2.01. The van der Waals surface area contributed by atoms with Gasteiger partial charge in [-0.15, -0.1) is 11.8 Å². The Morgan fingerprint density at radius 3 is 1.86 bits per heavy atom. The van der Waals surface area contributed by atoms with E-state index in [0.717, 1.165) is 0 Å². The molecule has 0 amide bonds. The van der Waals surface area contributed by atoms with Gasteiger partial charge in [0.15, 0.2) is 0 Å². The second-order valence-corrected chi connectivity index (χ2v) is 2.75. The van der Waals surface area contributed by atoms with Crippen LogP contribution in [0.4, 0.5) is 4.39 Å². The zero-order valence-electron chi connectivity index (χ0n) is 4.94. The first kappa shape index (κ1) is 7.28. The molecule has 0 rings (SSSR count). The van der Waals surface area contributed by atoms with Crippen LogP contribution in [0.15, 0.2) is 0 Å². The van der Waals surface area contributed by atoms with Crippen LogP contribution in [0.25, 0.3) is 0 Å². The summed E-state index contributed by atoms with van der Waals surface area (Å²) in [4.78, 5) is 0. The van der Waals surface area contributed by atoms with Crippen LogP contribution in [0.5, 0.6) is 0 Å². The van der Waals surface area contributed by atoms with Gasteiger partial charge >= 0.3 is 0 Å². The van der Waals surface area contributed by atoms with Crippen LogP contribution in [-0.4, -0.2) is 11.8 Å². The predicted octanol–water partition coefficient (Wildman–Crippen LogP) is 2.30. The summed E-state index contributed by atoms with van der Waals surface area (Å²) < 4.78 is 12.2. The molecule has 0 saturated heterocycles. The summed E-state index contributed by atoms with van der Waals surface area (Å²) in [5.41, 5.74) is -0.681. The third kappa shape index (κ3) is 2.92. The van der Waals surface area contributed by atoms with Gasteiger partial charge in [0.1, 0.15) is 5.50 Å². The molecule has 0 bridgehead atoms. The van der Waals surface area contributed by atoms with Crippen LogP contribution in [0.2, 0.25) is 0 Å². The Morgan fingerprint density at radius 2 is 1.86 bits per heavy atom. The van der Waals surface area contributed by atoms with Crippen LogP contribution in [0.3, 0.4) is 0 Å². The van der Waals surface area contributed by atoms with Crippen LogP contribution in [0.1, 0.15) is 13.8 Å². The topological polar surface area (TPSA) is 0 Å². The summed E-state index contributed by atoms with van der Waals surface area (Å²) in [5.74, 6) is 0.162. The quantitative estimate of drug-likeness (QED) is 0.541. The highest BCUT2D eigenvalue weighted by Gasteiger charge is 2.06. The van der Waals surface area contributed by atoms with Gasteiger partial charge < -0.3 is 0 Å². The maximum absolute atomic E-state index is 12.2. The number of alkyl halides is 1. The molecule has 0 radical (unpaired) electrons. The molecule has 0 aromatic heterocycles. The van der Waals surface area contributed by atoms with E-state index in [0.29, 0.717) is 0 Å². The molecule has 0 aliphatic carbocycles. The Balaban J connectivity index is 3.14. The number of halogens is 1. The van der Waals surface area contributed by atoms with E-state index in [1.807, 2.05) is 13.8 Å². The van der Waals surface area contributed by atoms with Gasteiger partial charge in [-0.2, -0.15) is 0 Å². The molecule has 1 atom stereocenters. The lowest BCUT2D eigenvalue weighted by Gasteiger charge is -2.05. The van der Waals surface area contributed by atoms with Crippen molar-refractivity contribution >= 4 is 11.8 Å². The van der Waals surface area contributed by atoms with Gasteiger partial charge in [-0.25, -0.2) is 4.39 Å². The molecule has 0 spiro atoms. The minimum Gasteiger partial charge on any atom is -0.235 e. The Hall–Kier alpha value is 0.280. The molecule has 0 aliphatic heterocycles. The monoisotopic (exact) mass is 122 g/mol. The summed E-state index contributed by atoms with van der Waals surface area (Å²) in [6.07, 6.45) is 1.78. The molecule has 7 heavy (non-hydrogen) atoms. The van der Waals surface area contributed by atoms with Crippen molar-refractivity contribution in [1.29, 1.82) is 0 Å². The van der Waals surface area contributed by atoms with Crippen LogP contribution in [0, 0.1) is 5.92 Å². The van der Waals surface area contributed by atoms with Crippen molar-refractivity contribution in [2.24, 2.45) is 5.92 Å². The molecule has 0 fully saturated rings. The molecule has 2 heteroatoms. The zero-order chi connectivity index (χ0) is 5.86. The smallest absolute Gasteiger partial charge is 0.148 e. The first-order valence-corrected chi connectivity index (χ1v) is 3.64. The van der Waals surface area contributed by atoms with Crippen molar-refractivity contribution in [3.05, 3.63) is 0 Å². The Bertz CT molecular complexity index is 45.3. The predicted molar refractivity (Wildman–Crippen MR) is 33.2 cm³/mol. The largest absolute Gasteiger partial charge is 0.235 e. The van der Waals surface area contributed by atoms with Crippen LogP contribution >= 0.6 is 11.8 Å². The maximum atomic E-state index is 12.2. The number of thioether (sulfide) groups is 1. The van der Waals surface area contributed by atoms with Gasteiger partial charge in [0.25, 0.3) is 0 Å². The third-order valence-corrected chi connectivity index (χ3v) is 1.74. The summed E-state index contributed by atoms with van der Waals surface area (Å²) in [5, 5.41) is 0. The van der Waals surface area contributed by atoms with Crippen LogP contribution in [-0.2, 0) is 0 Å². The number of hydrogen-bond donors (Lipinski definition) is 0. The van der Waals surface area contributed by atoms with Crippen molar-refractivity contribution in [2.75, 3.05) is 6.26 Å². The molecule has 0 heterocycles. The fraction of sp³-hybridized carbons (Fsp3) is 1.00. The first-order chi connectivity index (χ1) is 3.18. The Morgan fingerprint density at radius 1 is 1.43 bits per heavy atom. The molecule has 0 aliphatic rings. The maximum Gasteiger partial charge on any atom is 0.148 e. The lowest BCUT2D eigenvalue weighted by molar-refractivity contribution is 0.363. The number of hydrogen-bond acceptors (Lipinski definition) is 1. The van der Waals surface area contributed by atoms with Gasteiger partial charge in [0, 0.05) is 0 Å². The third-order valence-electron chi connectivity index (χ3n) is 0.749. The SMILES string of the molecule is CSC(F)C(C)C. The van der Waals surface area contributed by atoms with E-state index in [2.05, 4.69) is 0 Å². The fourth-order valence-corrected chi connectivity index (χ4v) is 0.816. The van der Waals surface area contributed by atoms with E-state index in [1.165, 1.54) is 11.8 Å². The van der Waals surface area contributed by atoms with Crippen molar-refractivity contribution in [3.8, 4) is 0 Å². The van der Waals surface area contributed by atoms with Crippen molar-refractivity contribution < 1.29 is 4.39 Å². The van der Waals surface area contributed by atoms with Gasteiger partial charge in [-0.3, -0.25) is 0 Å². The number of rotatable bonds is 2. The summed E-state index contributed by atoms with van der Waals surface area (Å²) in [7, 11) is 0. The van der Waals surface area contributed by atoms with Gasteiger partial charge in [-0.05, 0) is 12.2 Å². The van der Waals surface area contributed by atoms with E-state index in [4.69, 9.17) is 0 Å². The standard InChI is InChI=1S/C5H11FS/c1-4(2)5(6)7-3/h4-5H,1-3H3. The molecule has 0 aromatic rings. The Labute approximate surface area is 48.5 Å². The molecular formula is C5H11FS. The summed E-state index contributed by atoms with van der Waals surface area (Å²) >= 11 is 1.27. The van der Waals surface area contributed by atoms with E-state index < -0.39 is 5.50 Å². The van der Waals surface area contributed by atoms with E-state index in [-0.39, 0.29) is 5.92 Å². The molecule has 44 valence electrons. The second kappa shape index (κ2) is 3.30. The van der Waals surface area contributed by atoms with Crippen molar-refractivity contribution in [1.82, 2.24) is 0 Å². The highest BCUT2D eigenvalue weighted by molar-refractivity contribution is 7.99.